The molecule has 0 aromatic carbocycles. The number of pyridine rings is 1. The fourth-order valence-electron chi connectivity index (χ4n) is 1.28. The van der Waals surface area contributed by atoms with Crippen LogP contribution in [-0.2, 0) is 0 Å². The normalized spacial score (nSPS) is 12.8. The largest absolute Gasteiger partial charge is 0.395 e. The van der Waals surface area contributed by atoms with Gasteiger partial charge in [0, 0.05) is 12.2 Å². The van der Waals surface area contributed by atoms with Crippen LogP contribution < -0.4 is 11.5 Å². The number of halogens is 1. The van der Waals surface area contributed by atoms with Gasteiger partial charge in [0.15, 0.2) is 0 Å². The summed E-state index contributed by atoms with van der Waals surface area (Å²) in [6.07, 6.45) is 4.48. The van der Waals surface area contributed by atoms with Crippen LogP contribution in [0.1, 0.15) is 37.8 Å². The Hall–Kier alpha value is -1.16. The quantitative estimate of drug-likeness (QED) is 0.725. The zero-order chi connectivity index (χ0) is 10.6. The van der Waals surface area contributed by atoms with Crippen molar-refractivity contribution in [2.75, 3.05) is 5.73 Å². The molecular formula is C10H16FN3. The summed E-state index contributed by atoms with van der Waals surface area (Å²) in [5.74, 6) is -0.628. The van der Waals surface area contributed by atoms with E-state index in [4.69, 9.17) is 11.5 Å². The van der Waals surface area contributed by atoms with Crippen LogP contribution >= 0.6 is 0 Å². The van der Waals surface area contributed by atoms with Gasteiger partial charge >= 0.3 is 0 Å². The number of hydrogen-bond donors (Lipinski definition) is 2. The smallest absolute Gasteiger partial charge is 0.236 e. The molecule has 0 radical (unpaired) electrons. The third kappa shape index (κ3) is 2.67. The lowest BCUT2D eigenvalue weighted by atomic mass is 10.0. The molecule has 4 heteroatoms. The van der Waals surface area contributed by atoms with E-state index in [-0.39, 0.29) is 11.7 Å². The minimum Gasteiger partial charge on any atom is -0.395 e. The Morgan fingerprint density at radius 2 is 2.29 bits per heavy atom. The maximum atomic E-state index is 12.7. The maximum absolute atomic E-state index is 12.7. The van der Waals surface area contributed by atoms with E-state index in [9.17, 15) is 4.39 Å². The fraction of sp³-hybridized carbons (Fsp3) is 0.500. The molecule has 14 heavy (non-hydrogen) atoms. The van der Waals surface area contributed by atoms with E-state index in [0.29, 0.717) is 0 Å². The lowest BCUT2D eigenvalue weighted by molar-refractivity contribution is 0.574. The molecule has 4 N–H and O–H groups in total. The first-order valence-corrected chi connectivity index (χ1v) is 4.81. The van der Waals surface area contributed by atoms with Gasteiger partial charge in [0.1, 0.15) is 0 Å². The maximum Gasteiger partial charge on any atom is 0.236 e. The zero-order valence-corrected chi connectivity index (χ0v) is 8.33. The van der Waals surface area contributed by atoms with Crippen molar-refractivity contribution in [3.63, 3.8) is 0 Å². The lowest BCUT2D eigenvalue weighted by Crippen LogP contribution is -2.11. The van der Waals surface area contributed by atoms with Crippen molar-refractivity contribution in [2.45, 2.75) is 32.2 Å². The Labute approximate surface area is 83.3 Å². The third-order valence-electron chi connectivity index (χ3n) is 2.18. The van der Waals surface area contributed by atoms with Crippen LogP contribution in [-0.4, -0.2) is 4.98 Å². The molecule has 0 aliphatic rings. The van der Waals surface area contributed by atoms with E-state index in [1.165, 1.54) is 6.20 Å². The standard InChI is InChI=1S/C10H16FN3/c1-2-3-4-8(12)7-5-9(13)10(11)14-6-7/h5-6,8H,2-4,12-13H2,1H3. The van der Waals surface area contributed by atoms with Gasteiger partial charge in [-0.15, -0.1) is 0 Å². The van der Waals surface area contributed by atoms with Crippen LogP contribution in [0.3, 0.4) is 0 Å². The van der Waals surface area contributed by atoms with Crippen LogP contribution in [0, 0.1) is 5.95 Å². The Morgan fingerprint density at radius 1 is 1.57 bits per heavy atom. The van der Waals surface area contributed by atoms with Gasteiger partial charge in [-0.1, -0.05) is 19.8 Å². The monoisotopic (exact) mass is 197 g/mol. The molecule has 78 valence electrons. The number of nitrogens with zero attached hydrogens (tertiary/aromatic N) is 1. The molecule has 1 aromatic rings. The highest BCUT2D eigenvalue weighted by molar-refractivity contribution is 5.39. The van der Waals surface area contributed by atoms with Crippen molar-refractivity contribution in [3.8, 4) is 0 Å². The van der Waals surface area contributed by atoms with Gasteiger partial charge in [-0.2, -0.15) is 4.39 Å². The molecule has 3 nitrogen and oxygen atoms in total. The van der Waals surface area contributed by atoms with Crippen molar-refractivity contribution in [3.05, 3.63) is 23.8 Å². The highest BCUT2D eigenvalue weighted by Crippen LogP contribution is 2.18. The molecule has 0 spiro atoms. The van der Waals surface area contributed by atoms with E-state index < -0.39 is 5.95 Å². The van der Waals surface area contributed by atoms with Gasteiger partial charge in [0.05, 0.1) is 5.69 Å². The summed E-state index contributed by atoms with van der Waals surface area (Å²) >= 11 is 0. The van der Waals surface area contributed by atoms with Crippen molar-refractivity contribution < 1.29 is 4.39 Å². The summed E-state index contributed by atoms with van der Waals surface area (Å²) in [7, 11) is 0. The first-order chi connectivity index (χ1) is 6.65. The SMILES string of the molecule is CCCCC(N)c1cnc(F)c(N)c1. The zero-order valence-electron chi connectivity index (χ0n) is 8.33. The molecule has 0 saturated heterocycles. The fourth-order valence-corrected chi connectivity index (χ4v) is 1.28. The van der Waals surface area contributed by atoms with Crippen LogP contribution in [0.4, 0.5) is 10.1 Å². The Morgan fingerprint density at radius 3 is 2.86 bits per heavy atom. The number of hydrogen-bond acceptors (Lipinski definition) is 3. The second kappa shape index (κ2) is 4.91. The molecule has 1 unspecified atom stereocenters. The highest BCUT2D eigenvalue weighted by atomic mass is 19.1. The molecule has 0 amide bonds. The summed E-state index contributed by atoms with van der Waals surface area (Å²) in [4.78, 5) is 3.54. The highest BCUT2D eigenvalue weighted by Gasteiger charge is 2.08. The topological polar surface area (TPSA) is 64.9 Å². The molecule has 1 rings (SSSR count). The number of nitrogen functional groups attached to an aromatic ring is 1. The average Bonchev–Trinajstić information content (AvgIpc) is 2.18. The van der Waals surface area contributed by atoms with E-state index in [1.54, 1.807) is 6.07 Å². The molecule has 0 saturated carbocycles. The van der Waals surface area contributed by atoms with Gasteiger partial charge in [0.2, 0.25) is 5.95 Å². The summed E-state index contributed by atoms with van der Waals surface area (Å²) in [5.41, 5.74) is 12.1. The van der Waals surface area contributed by atoms with Crippen molar-refractivity contribution in [1.82, 2.24) is 4.98 Å². The van der Waals surface area contributed by atoms with Gasteiger partial charge < -0.3 is 11.5 Å². The summed E-state index contributed by atoms with van der Waals surface area (Å²) in [5, 5.41) is 0. The van der Waals surface area contributed by atoms with Gasteiger partial charge in [-0.05, 0) is 18.1 Å². The third-order valence-corrected chi connectivity index (χ3v) is 2.18. The molecule has 0 fully saturated rings. The van der Waals surface area contributed by atoms with Crippen molar-refractivity contribution in [2.24, 2.45) is 5.73 Å². The summed E-state index contributed by atoms with van der Waals surface area (Å²) in [6.45, 7) is 2.10. The van der Waals surface area contributed by atoms with Gasteiger partial charge in [-0.3, -0.25) is 0 Å². The number of unbranched alkanes of at least 4 members (excludes halogenated alkanes) is 1. The van der Waals surface area contributed by atoms with E-state index in [1.807, 2.05) is 0 Å². The minimum absolute atomic E-state index is 0.0643. The Balaban J connectivity index is 2.70. The molecule has 1 heterocycles. The van der Waals surface area contributed by atoms with Crippen molar-refractivity contribution in [1.29, 1.82) is 0 Å². The van der Waals surface area contributed by atoms with Crippen LogP contribution in [0.15, 0.2) is 12.3 Å². The van der Waals surface area contributed by atoms with Gasteiger partial charge in [0.25, 0.3) is 0 Å². The molecular weight excluding hydrogens is 181 g/mol. The molecule has 0 bridgehead atoms. The van der Waals surface area contributed by atoms with Crippen LogP contribution in [0.5, 0.6) is 0 Å². The minimum atomic E-state index is -0.628. The second-order valence-electron chi connectivity index (χ2n) is 3.40. The number of rotatable bonds is 4. The van der Waals surface area contributed by atoms with Crippen LogP contribution in [0.25, 0.3) is 0 Å². The average molecular weight is 197 g/mol. The van der Waals surface area contributed by atoms with E-state index >= 15 is 0 Å². The molecule has 0 aliphatic carbocycles. The van der Waals surface area contributed by atoms with Gasteiger partial charge in [-0.25, -0.2) is 4.98 Å². The second-order valence-corrected chi connectivity index (χ2v) is 3.40. The lowest BCUT2D eigenvalue weighted by Gasteiger charge is -2.11. The van der Waals surface area contributed by atoms with E-state index in [2.05, 4.69) is 11.9 Å². The molecule has 0 aliphatic heterocycles. The van der Waals surface area contributed by atoms with E-state index in [0.717, 1.165) is 24.8 Å². The van der Waals surface area contributed by atoms with Crippen molar-refractivity contribution >= 4 is 5.69 Å². The Kier molecular flexibility index (Phi) is 3.83. The first kappa shape index (κ1) is 10.9. The Bertz CT molecular complexity index is 301. The summed E-state index contributed by atoms with van der Waals surface area (Å²) in [6, 6.07) is 1.47. The summed E-state index contributed by atoms with van der Waals surface area (Å²) < 4.78 is 12.7. The first-order valence-electron chi connectivity index (χ1n) is 4.81. The predicted molar refractivity (Wildman–Crippen MR) is 55.1 cm³/mol. The predicted octanol–water partition coefficient (Wildman–Crippen LogP) is 1.99. The number of aromatic nitrogens is 1. The molecule has 1 atom stereocenters. The number of anilines is 1. The van der Waals surface area contributed by atoms with Crippen LogP contribution in [0.2, 0.25) is 0 Å². The number of nitrogens with two attached hydrogens (primary N) is 2. The molecule has 1 aromatic heterocycles.